The van der Waals surface area contributed by atoms with Gasteiger partial charge in [0.05, 0.1) is 6.07 Å². The summed E-state index contributed by atoms with van der Waals surface area (Å²) in [6, 6.07) is 2.33. The lowest BCUT2D eigenvalue weighted by atomic mass is 9.48. The fourth-order valence-electron chi connectivity index (χ4n) is 3.21. The molecule has 82 valence electrons. The molecule has 3 atom stereocenters. The zero-order valence-corrected chi connectivity index (χ0v) is 10.1. The number of nitrogens with zero attached hydrogens (tertiary/aromatic N) is 1. The first-order valence-corrected chi connectivity index (χ1v) is 6.14. The summed E-state index contributed by atoms with van der Waals surface area (Å²) >= 11 is 0. The van der Waals surface area contributed by atoms with Gasteiger partial charge in [-0.1, -0.05) is 25.5 Å². The topological polar surface area (TPSA) is 23.8 Å². The molecule has 2 bridgehead atoms. The normalized spacial score (nSPS) is 33.6. The smallest absolute Gasteiger partial charge is 0.0652 e. The molecule has 0 aromatic carbocycles. The maximum absolute atomic E-state index is 8.77. The SMILES string of the molecule is CC(C#N)CCC1=CC[C@H]2C[C@H]1C2(C)C. The van der Waals surface area contributed by atoms with Crippen LogP contribution in [-0.4, -0.2) is 0 Å². The van der Waals surface area contributed by atoms with Gasteiger partial charge in [0.1, 0.15) is 0 Å². The Kier molecular flexibility index (Phi) is 2.63. The average Bonchev–Trinajstić information content (AvgIpc) is 2.25. The van der Waals surface area contributed by atoms with Crippen LogP contribution in [0.1, 0.15) is 46.5 Å². The molecule has 0 amide bonds. The predicted octanol–water partition coefficient (Wildman–Crippen LogP) is 3.92. The molecule has 3 aliphatic rings. The Bertz CT molecular complexity index is 319. The lowest BCUT2D eigenvalue weighted by molar-refractivity contribution is -0.00851. The van der Waals surface area contributed by atoms with E-state index in [1.807, 2.05) is 6.92 Å². The van der Waals surface area contributed by atoms with E-state index in [0.717, 1.165) is 24.7 Å². The molecule has 0 aliphatic heterocycles. The van der Waals surface area contributed by atoms with Gasteiger partial charge in [-0.05, 0) is 49.9 Å². The molecule has 0 saturated heterocycles. The standard InChI is InChI=1S/C14H21N/c1-10(9-15)4-5-11-6-7-12-8-13(11)14(12,2)3/h6,10,12-13H,4-5,7-8H2,1-3H3/t10?,12-,13+/m0/s1. The molecular weight excluding hydrogens is 182 g/mol. The lowest BCUT2D eigenvalue weighted by Crippen LogP contribution is -2.48. The van der Waals surface area contributed by atoms with Crippen molar-refractivity contribution in [2.75, 3.05) is 0 Å². The van der Waals surface area contributed by atoms with E-state index in [9.17, 15) is 0 Å². The molecule has 0 spiro atoms. The minimum Gasteiger partial charge on any atom is -0.198 e. The summed E-state index contributed by atoms with van der Waals surface area (Å²) in [6.45, 7) is 6.84. The molecule has 3 rings (SSSR count). The zero-order chi connectivity index (χ0) is 11.1. The van der Waals surface area contributed by atoms with Crippen molar-refractivity contribution in [1.29, 1.82) is 5.26 Å². The van der Waals surface area contributed by atoms with Gasteiger partial charge in [-0.3, -0.25) is 0 Å². The van der Waals surface area contributed by atoms with Crippen LogP contribution < -0.4 is 0 Å². The Balaban J connectivity index is 1.95. The third-order valence-electron chi connectivity index (χ3n) is 4.67. The summed E-state index contributed by atoms with van der Waals surface area (Å²) in [7, 11) is 0. The van der Waals surface area contributed by atoms with Gasteiger partial charge in [0, 0.05) is 5.92 Å². The third-order valence-corrected chi connectivity index (χ3v) is 4.67. The summed E-state index contributed by atoms with van der Waals surface area (Å²) in [5.41, 5.74) is 2.18. The highest BCUT2D eigenvalue weighted by molar-refractivity contribution is 5.23. The average molecular weight is 203 g/mol. The molecule has 0 heterocycles. The van der Waals surface area contributed by atoms with Crippen LogP contribution in [-0.2, 0) is 0 Å². The van der Waals surface area contributed by atoms with Crippen molar-refractivity contribution in [2.45, 2.75) is 46.5 Å². The first-order chi connectivity index (χ1) is 7.05. The maximum atomic E-state index is 8.77. The van der Waals surface area contributed by atoms with Crippen molar-refractivity contribution in [3.8, 4) is 6.07 Å². The summed E-state index contributed by atoms with van der Waals surface area (Å²) in [5.74, 6) is 1.97. The molecule has 0 aromatic heterocycles. The highest BCUT2D eigenvalue weighted by Crippen LogP contribution is 2.59. The van der Waals surface area contributed by atoms with Crippen molar-refractivity contribution in [3.63, 3.8) is 0 Å². The third kappa shape index (κ3) is 1.71. The van der Waals surface area contributed by atoms with Crippen LogP contribution in [0.5, 0.6) is 0 Å². The molecule has 1 saturated carbocycles. The van der Waals surface area contributed by atoms with Gasteiger partial charge in [-0.15, -0.1) is 0 Å². The summed E-state index contributed by atoms with van der Waals surface area (Å²) < 4.78 is 0. The van der Waals surface area contributed by atoms with E-state index >= 15 is 0 Å². The molecule has 1 unspecified atom stereocenters. The second-order valence-corrected chi connectivity index (χ2v) is 5.89. The Morgan fingerprint density at radius 2 is 2.33 bits per heavy atom. The monoisotopic (exact) mass is 203 g/mol. The number of hydrogen-bond donors (Lipinski definition) is 0. The van der Waals surface area contributed by atoms with Crippen LogP contribution in [0, 0.1) is 34.5 Å². The Morgan fingerprint density at radius 1 is 1.60 bits per heavy atom. The van der Waals surface area contributed by atoms with Gasteiger partial charge in [0.2, 0.25) is 0 Å². The predicted molar refractivity (Wildman–Crippen MR) is 62.1 cm³/mol. The molecular formula is C14H21N. The molecule has 15 heavy (non-hydrogen) atoms. The van der Waals surface area contributed by atoms with E-state index in [2.05, 4.69) is 26.0 Å². The first-order valence-electron chi connectivity index (χ1n) is 6.14. The second kappa shape index (κ2) is 3.67. The highest BCUT2D eigenvalue weighted by atomic mass is 14.5. The van der Waals surface area contributed by atoms with Crippen LogP contribution in [0.15, 0.2) is 11.6 Å². The number of nitriles is 1. The number of allylic oxidation sites excluding steroid dienone is 2. The molecule has 0 N–H and O–H groups in total. The molecule has 3 aliphatic carbocycles. The van der Waals surface area contributed by atoms with E-state index in [4.69, 9.17) is 5.26 Å². The summed E-state index contributed by atoms with van der Waals surface area (Å²) in [6.07, 6.45) is 7.32. The molecule has 1 heteroatoms. The van der Waals surface area contributed by atoms with Gasteiger partial charge in [-0.25, -0.2) is 0 Å². The number of rotatable bonds is 3. The Hall–Kier alpha value is -0.770. The fraction of sp³-hybridized carbons (Fsp3) is 0.786. The number of hydrogen-bond acceptors (Lipinski definition) is 1. The van der Waals surface area contributed by atoms with Crippen LogP contribution in [0.2, 0.25) is 0 Å². The zero-order valence-electron chi connectivity index (χ0n) is 10.1. The van der Waals surface area contributed by atoms with Crippen molar-refractivity contribution < 1.29 is 0 Å². The minimum atomic E-state index is 0.215. The van der Waals surface area contributed by atoms with Crippen LogP contribution >= 0.6 is 0 Å². The van der Waals surface area contributed by atoms with Crippen molar-refractivity contribution in [1.82, 2.24) is 0 Å². The van der Waals surface area contributed by atoms with Crippen molar-refractivity contribution in [2.24, 2.45) is 23.2 Å². The van der Waals surface area contributed by atoms with Crippen LogP contribution in [0.3, 0.4) is 0 Å². The van der Waals surface area contributed by atoms with E-state index in [1.54, 1.807) is 5.57 Å². The molecule has 1 fully saturated rings. The molecule has 0 aromatic rings. The van der Waals surface area contributed by atoms with Crippen molar-refractivity contribution >= 4 is 0 Å². The van der Waals surface area contributed by atoms with E-state index in [-0.39, 0.29) is 5.92 Å². The van der Waals surface area contributed by atoms with Gasteiger partial charge in [0.15, 0.2) is 0 Å². The van der Waals surface area contributed by atoms with Gasteiger partial charge >= 0.3 is 0 Å². The Morgan fingerprint density at radius 3 is 2.87 bits per heavy atom. The number of fused-ring (bicyclic) bond motifs is 1. The molecule has 1 nitrogen and oxygen atoms in total. The van der Waals surface area contributed by atoms with E-state index in [1.165, 1.54) is 12.8 Å². The van der Waals surface area contributed by atoms with E-state index < -0.39 is 0 Å². The molecule has 0 radical (unpaired) electrons. The van der Waals surface area contributed by atoms with Gasteiger partial charge in [0.25, 0.3) is 0 Å². The highest BCUT2D eigenvalue weighted by Gasteiger charge is 2.50. The van der Waals surface area contributed by atoms with Crippen LogP contribution in [0.4, 0.5) is 0 Å². The van der Waals surface area contributed by atoms with Gasteiger partial charge in [-0.2, -0.15) is 5.26 Å². The largest absolute Gasteiger partial charge is 0.198 e. The van der Waals surface area contributed by atoms with Crippen molar-refractivity contribution in [3.05, 3.63) is 11.6 Å². The summed E-state index contributed by atoms with van der Waals surface area (Å²) in [4.78, 5) is 0. The van der Waals surface area contributed by atoms with E-state index in [0.29, 0.717) is 5.41 Å². The first kappa shape index (κ1) is 10.7. The lowest BCUT2D eigenvalue weighted by Gasteiger charge is -2.56. The second-order valence-electron chi connectivity index (χ2n) is 5.89. The minimum absolute atomic E-state index is 0.215. The van der Waals surface area contributed by atoms with Crippen LogP contribution in [0.25, 0.3) is 0 Å². The quantitative estimate of drug-likeness (QED) is 0.638. The fourth-order valence-corrected chi connectivity index (χ4v) is 3.21. The Labute approximate surface area is 93.2 Å². The maximum Gasteiger partial charge on any atom is 0.0652 e. The van der Waals surface area contributed by atoms with Gasteiger partial charge < -0.3 is 0 Å². The summed E-state index contributed by atoms with van der Waals surface area (Å²) in [5, 5.41) is 8.77.